The van der Waals surface area contributed by atoms with Gasteiger partial charge in [-0.05, 0) is 31.5 Å². The van der Waals surface area contributed by atoms with Gasteiger partial charge in [0.05, 0.1) is 22.0 Å². The standard InChI is InChI=1S/C16H14ClN3O6S/c1-3-26-16(23)11-7(2)12(13(18)21)27-15(11)19-14(22)9-6-8(17)4-5-10(9)20(24)25/h4-6H,3H2,1-2H3,(H2,18,21)(H,19,22). The van der Waals surface area contributed by atoms with Crippen LogP contribution >= 0.6 is 22.9 Å². The van der Waals surface area contributed by atoms with E-state index in [1.165, 1.54) is 13.0 Å². The number of thiophene rings is 1. The molecule has 142 valence electrons. The van der Waals surface area contributed by atoms with Crippen LogP contribution < -0.4 is 11.1 Å². The summed E-state index contributed by atoms with van der Waals surface area (Å²) in [6, 6.07) is 3.51. The Balaban J connectivity index is 2.51. The molecular weight excluding hydrogens is 398 g/mol. The predicted octanol–water partition coefficient (Wildman–Crippen LogP) is 3.15. The maximum Gasteiger partial charge on any atom is 0.341 e. The SMILES string of the molecule is CCOC(=O)c1c(NC(=O)c2cc(Cl)ccc2[N+](=O)[O-])sc(C(N)=O)c1C. The van der Waals surface area contributed by atoms with E-state index in [9.17, 15) is 24.5 Å². The summed E-state index contributed by atoms with van der Waals surface area (Å²) in [7, 11) is 0. The van der Waals surface area contributed by atoms with Gasteiger partial charge in [0.1, 0.15) is 10.6 Å². The molecule has 0 bridgehead atoms. The first-order chi connectivity index (χ1) is 12.7. The fourth-order valence-electron chi connectivity index (χ4n) is 2.31. The number of nitrogens with zero attached hydrogens (tertiary/aromatic N) is 1. The minimum absolute atomic E-state index is 0.000904. The molecule has 0 radical (unpaired) electrons. The highest BCUT2D eigenvalue weighted by Gasteiger charge is 2.28. The van der Waals surface area contributed by atoms with Crippen molar-refractivity contribution in [3.05, 3.63) is 54.9 Å². The molecule has 0 aliphatic rings. The second-order valence-electron chi connectivity index (χ2n) is 5.22. The lowest BCUT2D eigenvalue weighted by Gasteiger charge is -2.08. The lowest BCUT2D eigenvalue weighted by Crippen LogP contribution is -2.16. The fraction of sp³-hybridized carbons (Fsp3) is 0.188. The third-order valence-electron chi connectivity index (χ3n) is 3.48. The molecule has 0 fully saturated rings. The largest absolute Gasteiger partial charge is 0.462 e. The first-order valence-electron chi connectivity index (χ1n) is 7.52. The molecule has 0 saturated heterocycles. The second-order valence-corrected chi connectivity index (χ2v) is 6.67. The van der Waals surface area contributed by atoms with E-state index in [0.29, 0.717) is 0 Å². The molecule has 11 heteroatoms. The molecule has 1 heterocycles. The lowest BCUT2D eigenvalue weighted by atomic mass is 10.1. The fourth-order valence-corrected chi connectivity index (χ4v) is 3.52. The average molecular weight is 412 g/mol. The number of carbonyl (C=O) groups excluding carboxylic acids is 3. The molecule has 2 rings (SSSR count). The number of anilines is 1. The molecule has 1 aromatic heterocycles. The van der Waals surface area contributed by atoms with Crippen molar-refractivity contribution in [2.75, 3.05) is 11.9 Å². The Labute approximate surface area is 162 Å². The molecule has 2 aromatic rings. The number of carbonyl (C=O) groups is 3. The Kier molecular flexibility index (Phi) is 6.13. The van der Waals surface area contributed by atoms with Gasteiger partial charge in [-0.3, -0.25) is 19.7 Å². The molecule has 0 aliphatic carbocycles. The maximum atomic E-state index is 12.6. The summed E-state index contributed by atoms with van der Waals surface area (Å²) in [6.07, 6.45) is 0. The summed E-state index contributed by atoms with van der Waals surface area (Å²) >= 11 is 6.61. The third kappa shape index (κ3) is 4.23. The number of benzene rings is 1. The van der Waals surface area contributed by atoms with Crippen molar-refractivity contribution in [1.82, 2.24) is 0 Å². The molecule has 0 atom stereocenters. The molecule has 3 N–H and O–H groups in total. The smallest absolute Gasteiger partial charge is 0.341 e. The van der Waals surface area contributed by atoms with Crippen molar-refractivity contribution in [3.63, 3.8) is 0 Å². The summed E-state index contributed by atoms with van der Waals surface area (Å²) < 4.78 is 4.95. The van der Waals surface area contributed by atoms with Gasteiger partial charge in [0, 0.05) is 11.1 Å². The van der Waals surface area contributed by atoms with Gasteiger partial charge in [-0.25, -0.2) is 4.79 Å². The Morgan fingerprint density at radius 2 is 2.04 bits per heavy atom. The number of halogens is 1. The molecule has 0 unspecified atom stereocenters. The number of nitrogens with one attached hydrogen (secondary N) is 1. The van der Waals surface area contributed by atoms with Crippen LogP contribution in [0, 0.1) is 17.0 Å². The van der Waals surface area contributed by atoms with E-state index in [2.05, 4.69) is 5.32 Å². The van der Waals surface area contributed by atoms with Gasteiger partial charge in [-0.1, -0.05) is 11.6 Å². The minimum Gasteiger partial charge on any atom is -0.462 e. The van der Waals surface area contributed by atoms with Crippen molar-refractivity contribution < 1.29 is 24.0 Å². The van der Waals surface area contributed by atoms with E-state index >= 15 is 0 Å². The van der Waals surface area contributed by atoms with Crippen LogP contribution in [0.5, 0.6) is 0 Å². The van der Waals surface area contributed by atoms with Gasteiger partial charge in [-0.15, -0.1) is 11.3 Å². The van der Waals surface area contributed by atoms with Gasteiger partial charge in [0.25, 0.3) is 17.5 Å². The third-order valence-corrected chi connectivity index (χ3v) is 4.93. The minimum atomic E-state index is -0.869. The van der Waals surface area contributed by atoms with Crippen LogP contribution in [0.2, 0.25) is 5.02 Å². The Hall–Kier alpha value is -2.98. The zero-order chi connectivity index (χ0) is 20.3. The number of rotatable bonds is 6. The summed E-state index contributed by atoms with van der Waals surface area (Å²) in [5.41, 5.74) is 4.76. The second kappa shape index (κ2) is 8.14. The number of amides is 2. The van der Waals surface area contributed by atoms with Gasteiger partial charge < -0.3 is 15.8 Å². The number of nitrogens with two attached hydrogens (primary N) is 1. The molecule has 0 spiro atoms. The van der Waals surface area contributed by atoms with Crippen molar-refractivity contribution in [2.45, 2.75) is 13.8 Å². The van der Waals surface area contributed by atoms with Crippen LogP contribution in [0.25, 0.3) is 0 Å². The Bertz CT molecular complexity index is 956. The topological polar surface area (TPSA) is 142 Å². The normalized spacial score (nSPS) is 10.3. The molecule has 1 aromatic carbocycles. The van der Waals surface area contributed by atoms with Crippen LogP contribution in [0.3, 0.4) is 0 Å². The molecule has 0 saturated carbocycles. The average Bonchev–Trinajstić information content (AvgIpc) is 2.91. The van der Waals surface area contributed by atoms with E-state index < -0.39 is 28.4 Å². The van der Waals surface area contributed by atoms with Crippen molar-refractivity contribution in [2.24, 2.45) is 5.73 Å². The van der Waals surface area contributed by atoms with E-state index in [1.54, 1.807) is 6.92 Å². The van der Waals surface area contributed by atoms with E-state index in [0.717, 1.165) is 23.5 Å². The molecular formula is C16H14ClN3O6S. The predicted molar refractivity (Wildman–Crippen MR) is 99.6 cm³/mol. The van der Waals surface area contributed by atoms with Crippen LogP contribution in [-0.2, 0) is 4.74 Å². The van der Waals surface area contributed by atoms with Crippen LogP contribution in [0.15, 0.2) is 18.2 Å². The number of hydrogen-bond donors (Lipinski definition) is 2. The van der Waals surface area contributed by atoms with Crippen LogP contribution in [0.4, 0.5) is 10.7 Å². The Morgan fingerprint density at radius 1 is 1.37 bits per heavy atom. The molecule has 2 amide bonds. The highest BCUT2D eigenvalue weighted by Crippen LogP contribution is 2.34. The van der Waals surface area contributed by atoms with Gasteiger partial charge >= 0.3 is 5.97 Å². The monoisotopic (exact) mass is 411 g/mol. The quantitative estimate of drug-likeness (QED) is 0.424. The summed E-state index contributed by atoms with van der Waals surface area (Å²) in [6.45, 7) is 3.16. The van der Waals surface area contributed by atoms with E-state index in [1.807, 2.05) is 0 Å². The number of hydrogen-bond acceptors (Lipinski definition) is 7. The summed E-state index contributed by atoms with van der Waals surface area (Å²) in [5, 5.41) is 13.7. The van der Waals surface area contributed by atoms with E-state index in [-0.39, 0.29) is 38.2 Å². The highest BCUT2D eigenvalue weighted by atomic mass is 35.5. The molecule has 0 aliphatic heterocycles. The van der Waals surface area contributed by atoms with Gasteiger partial charge in [0.2, 0.25) is 0 Å². The zero-order valence-electron chi connectivity index (χ0n) is 14.2. The van der Waals surface area contributed by atoms with E-state index in [4.69, 9.17) is 22.1 Å². The van der Waals surface area contributed by atoms with Crippen LogP contribution in [-0.4, -0.2) is 29.3 Å². The summed E-state index contributed by atoms with van der Waals surface area (Å²) in [4.78, 5) is 46.9. The van der Waals surface area contributed by atoms with Crippen molar-refractivity contribution in [3.8, 4) is 0 Å². The van der Waals surface area contributed by atoms with Crippen molar-refractivity contribution in [1.29, 1.82) is 0 Å². The van der Waals surface area contributed by atoms with Crippen molar-refractivity contribution >= 4 is 51.4 Å². The zero-order valence-corrected chi connectivity index (χ0v) is 15.8. The van der Waals surface area contributed by atoms with Crippen LogP contribution in [0.1, 0.15) is 42.9 Å². The number of primary amides is 1. The Morgan fingerprint density at radius 3 is 2.59 bits per heavy atom. The molecule has 27 heavy (non-hydrogen) atoms. The maximum absolute atomic E-state index is 12.6. The molecule has 9 nitrogen and oxygen atoms in total. The number of ether oxygens (including phenoxy) is 1. The first-order valence-corrected chi connectivity index (χ1v) is 8.72. The van der Waals surface area contributed by atoms with Gasteiger partial charge in [0.15, 0.2) is 0 Å². The number of nitro groups is 1. The number of nitro benzene ring substituents is 1. The summed E-state index contributed by atoms with van der Waals surface area (Å²) in [5.74, 6) is -2.40. The number of esters is 1. The highest BCUT2D eigenvalue weighted by molar-refractivity contribution is 7.18. The van der Waals surface area contributed by atoms with Gasteiger partial charge in [-0.2, -0.15) is 0 Å². The first kappa shape index (κ1) is 20.3. The lowest BCUT2D eigenvalue weighted by molar-refractivity contribution is -0.385.